The van der Waals surface area contributed by atoms with Crippen molar-refractivity contribution < 1.29 is 0 Å². The molecule has 9 rings (SSSR count). The first-order chi connectivity index (χ1) is 22.0. The second-order valence-electron chi connectivity index (χ2n) is 12.6. The van der Waals surface area contributed by atoms with Crippen LogP contribution in [0.25, 0.3) is 53.2 Å². The van der Waals surface area contributed by atoms with E-state index in [2.05, 4.69) is 170 Å². The Balaban J connectivity index is 1.22. The van der Waals surface area contributed by atoms with Gasteiger partial charge in [0, 0.05) is 42.6 Å². The first-order valence-corrected chi connectivity index (χ1v) is 16.4. The molecule has 1 aromatic heterocycles. The maximum Gasteiger partial charge on any atom is 0.0476 e. The number of thiophene rings is 1. The second-order valence-corrected chi connectivity index (χ2v) is 13.7. The zero-order valence-corrected chi connectivity index (χ0v) is 26.1. The van der Waals surface area contributed by atoms with Crippen LogP contribution in [0.2, 0.25) is 0 Å². The fourth-order valence-electron chi connectivity index (χ4n) is 7.28. The molecule has 0 fully saturated rings. The van der Waals surface area contributed by atoms with Crippen molar-refractivity contribution in [2.75, 3.05) is 4.90 Å². The molecule has 0 radical (unpaired) electrons. The molecule has 7 aromatic carbocycles. The van der Waals surface area contributed by atoms with Crippen molar-refractivity contribution in [3.63, 3.8) is 0 Å². The van der Waals surface area contributed by atoms with Crippen LogP contribution in [0, 0.1) is 0 Å². The van der Waals surface area contributed by atoms with Crippen molar-refractivity contribution in [2.45, 2.75) is 19.3 Å². The molecule has 0 bridgehead atoms. The third-order valence-corrected chi connectivity index (χ3v) is 10.8. The first-order valence-electron chi connectivity index (χ1n) is 15.6. The molecular weight excluding hydrogens is 563 g/mol. The Morgan fingerprint density at radius 2 is 1.04 bits per heavy atom. The molecule has 1 aliphatic carbocycles. The third kappa shape index (κ3) is 4.13. The molecule has 0 spiro atoms. The van der Waals surface area contributed by atoms with Gasteiger partial charge in [-0.15, -0.1) is 11.3 Å². The summed E-state index contributed by atoms with van der Waals surface area (Å²) in [5.74, 6) is 0. The number of anilines is 3. The average Bonchev–Trinajstić information content (AvgIpc) is 3.56. The van der Waals surface area contributed by atoms with Gasteiger partial charge in [0.15, 0.2) is 0 Å². The lowest BCUT2D eigenvalue weighted by atomic mass is 9.81. The lowest BCUT2D eigenvalue weighted by Gasteiger charge is -2.28. The fourth-order valence-corrected chi connectivity index (χ4v) is 8.42. The van der Waals surface area contributed by atoms with Crippen LogP contribution < -0.4 is 4.90 Å². The lowest BCUT2D eigenvalue weighted by molar-refractivity contribution is 0.661. The van der Waals surface area contributed by atoms with Gasteiger partial charge in [0.2, 0.25) is 0 Å². The van der Waals surface area contributed by atoms with E-state index in [1.54, 1.807) is 0 Å². The van der Waals surface area contributed by atoms with Crippen LogP contribution in [-0.4, -0.2) is 0 Å². The Morgan fingerprint density at radius 1 is 0.444 bits per heavy atom. The highest BCUT2D eigenvalue weighted by Crippen LogP contribution is 2.52. The van der Waals surface area contributed by atoms with Gasteiger partial charge < -0.3 is 4.90 Å². The molecule has 0 saturated carbocycles. The molecule has 0 saturated heterocycles. The average molecular weight is 594 g/mol. The van der Waals surface area contributed by atoms with Gasteiger partial charge >= 0.3 is 0 Å². The van der Waals surface area contributed by atoms with Crippen LogP contribution in [0.15, 0.2) is 152 Å². The van der Waals surface area contributed by atoms with Gasteiger partial charge in [-0.05, 0) is 98.8 Å². The highest BCUT2D eigenvalue weighted by atomic mass is 32.1. The van der Waals surface area contributed by atoms with E-state index >= 15 is 0 Å². The molecule has 0 amide bonds. The summed E-state index contributed by atoms with van der Waals surface area (Å²) < 4.78 is 2.63. The highest BCUT2D eigenvalue weighted by molar-refractivity contribution is 7.25. The van der Waals surface area contributed by atoms with E-state index in [0.29, 0.717) is 0 Å². The topological polar surface area (TPSA) is 3.24 Å². The minimum Gasteiger partial charge on any atom is -0.310 e. The van der Waals surface area contributed by atoms with Gasteiger partial charge in [-0.25, -0.2) is 0 Å². The summed E-state index contributed by atoms with van der Waals surface area (Å²) in [6.45, 7) is 4.75. The van der Waals surface area contributed by atoms with Crippen molar-refractivity contribution in [2.24, 2.45) is 0 Å². The summed E-state index contributed by atoms with van der Waals surface area (Å²) in [4.78, 5) is 2.43. The number of benzene rings is 7. The van der Waals surface area contributed by atoms with Crippen molar-refractivity contribution in [3.8, 4) is 22.3 Å². The molecule has 8 aromatic rings. The largest absolute Gasteiger partial charge is 0.310 e. The standard InChI is InChI=1S/C43H31NS/c1-43(2)39-25-31-13-7-6-12-30(31)24-38(39)35-22-20-33(26-40(35)43)44(32-18-16-29(17-19-32)28-10-4-3-5-11-28)34-21-23-37-36-14-8-9-15-41(36)45-42(37)27-34/h3-27H,1-2H3. The Kier molecular flexibility index (Phi) is 5.78. The van der Waals surface area contributed by atoms with Gasteiger partial charge in [0.1, 0.15) is 0 Å². The van der Waals surface area contributed by atoms with E-state index in [4.69, 9.17) is 0 Å². The molecule has 45 heavy (non-hydrogen) atoms. The van der Waals surface area contributed by atoms with E-state index in [1.165, 1.54) is 75.7 Å². The van der Waals surface area contributed by atoms with Gasteiger partial charge in [-0.2, -0.15) is 0 Å². The molecule has 1 nitrogen and oxygen atoms in total. The van der Waals surface area contributed by atoms with Crippen LogP contribution in [-0.2, 0) is 5.41 Å². The normalized spacial score (nSPS) is 13.3. The smallest absolute Gasteiger partial charge is 0.0476 e. The summed E-state index contributed by atoms with van der Waals surface area (Å²) in [6.07, 6.45) is 0. The van der Waals surface area contributed by atoms with Gasteiger partial charge in [-0.1, -0.05) is 111 Å². The number of rotatable bonds is 4. The summed E-state index contributed by atoms with van der Waals surface area (Å²) in [5.41, 5.74) is 11.3. The van der Waals surface area contributed by atoms with Crippen LogP contribution in [0.1, 0.15) is 25.0 Å². The number of hydrogen-bond acceptors (Lipinski definition) is 2. The van der Waals surface area contributed by atoms with Crippen LogP contribution in [0.3, 0.4) is 0 Å². The third-order valence-electron chi connectivity index (χ3n) is 9.64. The molecule has 0 N–H and O–H groups in total. The van der Waals surface area contributed by atoms with Crippen molar-refractivity contribution >= 4 is 59.3 Å². The summed E-state index contributed by atoms with van der Waals surface area (Å²) >= 11 is 1.87. The van der Waals surface area contributed by atoms with Crippen LogP contribution >= 0.6 is 11.3 Å². The summed E-state index contributed by atoms with van der Waals surface area (Å²) in [6, 6.07) is 55.9. The van der Waals surface area contributed by atoms with Crippen LogP contribution in [0.5, 0.6) is 0 Å². The van der Waals surface area contributed by atoms with E-state index in [-0.39, 0.29) is 5.41 Å². The predicted molar refractivity (Wildman–Crippen MR) is 195 cm³/mol. The quantitative estimate of drug-likeness (QED) is 0.196. The molecule has 1 aliphatic rings. The van der Waals surface area contributed by atoms with E-state index < -0.39 is 0 Å². The fraction of sp³-hybridized carbons (Fsp3) is 0.0698. The Labute approximate surface area is 267 Å². The van der Waals surface area contributed by atoms with Crippen molar-refractivity contribution in [1.29, 1.82) is 0 Å². The highest BCUT2D eigenvalue weighted by Gasteiger charge is 2.36. The summed E-state index contributed by atoms with van der Waals surface area (Å²) in [7, 11) is 0. The molecule has 0 atom stereocenters. The molecule has 0 aliphatic heterocycles. The van der Waals surface area contributed by atoms with Gasteiger partial charge in [-0.3, -0.25) is 0 Å². The zero-order valence-electron chi connectivity index (χ0n) is 25.3. The number of hydrogen-bond donors (Lipinski definition) is 0. The molecule has 2 heteroatoms. The lowest BCUT2D eigenvalue weighted by Crippen LogP contribution is -2.16. The monoisotopic (exact) mass is 593 g/mol. The zero-order chi connectivity index (χ0) is 30.1. The number of nitrogens with zero attached hydrogens (tertiary/aromatic N) is 1. The predicted octanol–water partition coefficient (Wildman–Crippen LogP) is 12.7. The maximum absolute atomic E-state index is 2.43. The minimum absolute atomic E-state index is 0.108. The molecule has 1 heterocycles. The Hall–Kier alpha value is -5.18. The SMILES string of the molecule is CC1(C)c2cc(N(c3ccc(-c4ccccc4)cc3)c3ccc4c(c3)sc3ccccc34)ccc2-c2cc3ccccc3cc21. The molecular formula is C43H31NS. The van der Waals surface area contributed by atoms with E-state index in [0.717, 1.165) is 5.69 Å². The van der Waals surface area contributed by atoms with Crippen molar-refractivity contribution in [1.82, 2.24) is 0 Å². The minimum atomic E-state index is -0.108. The van der Waals surface area contributed by atoms with E-state index in [9.17, 15) is 0 Å². The summed E-state index contributed by atoms with van der Waals surface area (Å²) in [5, 5.41) is 5.23. The van der Waals surface area contributed by atoms with Crippen LogP contribution in [0.4, 0.5) is 17.1 Å². The Morgan fingerprint density at radius 3 is 1.87 bits per heavy atom. The Bertz CT molecular complexity index is 2400. The van der Waals surface area contributed by atoms with Gasteiger partial charge in [0.25, 0.3) is 0 Å². The van der Waals surface area contributed by atoms with Gasteiger partial charge in [0.05, 0.1) is 0 Å². The first kappa shape index (κ1) is 26.2. The molecule has 0 unspecified atom stereocenters. The number of fused-ring (bicyclic) bond motifs is 7. The molecule has 214 valence electrons. The van der Waals surface area contributed by atoms with E-state index in [1.807, 2.05) is 11.3 Å². The van der Waals surface area contributed by atoms with Crippen molar-refractivity contribution in [3.05, 3.63) is 163 Å². The second kappa shape index (κ2) is 9.92. The maximum atomic E-state index is 2.43.